The van der Waals surface area contributed by atoms with Crippen LogP contribution in [0.25, 0.3) is 0 Å². The van der Waals surface area contributed by atoms with Crippen molar-refractivity contribution in [3.05, 3.63) is 30.1 Å². The standard InChI is InChI=1S/C12H18N2O2/c1-12(15,10-3-2-4-13-8-10)7-11-9-16-6-5-14-11/h2-4,8,11,14-15H,5-7,9H2,1H3. The molecule has 0 amide bonds. The van der Waals surface area contributed by atoms with Crippen molar-refractivity contribution >= 4 is 0 Å². The second-order valence-electron chi connectivity index (χ2n) is 4.45. The molecule has 1 fully saturated rings. The number of aromatic nitrogens is 1. The predicted octanol–water partition coefficient (Wildman–Crippen LogP) is 0.668. The molecule has 1 aliphatic heterocycles. The lowest BCUT2D eigenvalue weighted by Gasteiger charge is -2.31. The van der Waals surface area contributed by atoms with Crippen LogP contribution in [0.2, 0.25) is 0 Å². The van der Waals surface area contributed by atoms with Gasteiger partial charge in [-0.2, -0.15) is 0 Å². The normalized spacial score (nSPS) is 25.0. The molecule has 0 radical (unpaired) electrons. The average Bonchev–Trinajstić information content (AvgIpc) is 2.31. The summed E-state index contributed by atoms with van der Waals surface area (Å²) in [5.41, 5.74) is -0.00512. The molecule has 88 valence electrons. The summed E-state index contributed by atoms with van der Waals surface area (Å²) in [6.45, 7) is 4.09. The number of morpholine rings is 1. The SMILES string of the molecule is CC(O)(CC1COCCN1)c1cccnc1. The average molecular weight is 222 g/mol. The fourth-order valence-electron chi connectivity index (χ4n) is 2.03. The molecule has 1 aliphatic rings. The maximum Gasteiger partial charge on any atom is 0.0899 e. The molecule has 16 heavy (non-hydrogen) atoms. The Labute approximate surface area is 95.7 Å². The Morgan fingerprint density at radius 2 is 2.56 bits per heavy atom. The minimum Gasteiger partial charge on any atom is -0.385 e. The molecular formula is C12H18N2O2. The van der Waals surface area contributed by atoms with Gasteiger partial charge in [0.25, 0.3) is 0 Å². The Morgan fingerprint density at radius 1 is 1.69 bits per heavy atom. The van der Waals surface area contributed by atoms with Gasteiger partial charge in [-0.05, 0) is 19.4 Å². The molecule has 0 aliphatic carbocycles. The maximum absolute atomic E-state index is 10.4. The summed E-state index contributed by atoms with van der Waals surface area (Å²) in [7, 11) is 0. The van der Waals surface area contributed by atoms with E-state index in [2.05, 4.69) is 10.3 Å². The number of aliphatic hydroxyl groups is 1. The van der Waals surface area contributed by atoms with E-state index in [9.17, 15) is 5.11 Å². The molecule has 2 heterocycles. The fraction of sp³-hybridized carbons (Fsp3) is 0.583. The van der Waals surface area contributed by atoms with Gasteiger partial charge in [-0.3, -0.25) is 4.98 Å². The molecule has 2 atom stereocenters. The summed E-state index contributed by atoms with van der Waals surface area (Å²) < 4.78 is 5.37. The third-order valence-corrected chi connectivity index (χ3v) is 2.93. The lowest BCUT2D eigenvalue weighted by Crippen LogP contribution is -2.45. The topological polar surface area (TPSA) is 54.4 Å². The summed E-state index contributed by atoms with van der Waals surface area (Å²) in [4.78, 5) is 4.03. The highest BCUT2D eigenvalue weighted by Gasteiger charge is 2.28. The first-order valence-corrected chi connectivity index (χ1v) is 5.62. The van der Waals surface area contributed by atoms with Gasteiger partial charge in [-0.15, -0.1) is 0 Å². The number of ether oxygens (including phenoxy) is 1. The number of nitrogens with zero attached hydrogens (tertiary/aromatic N) is 1. The molecule has 1 aromatic heterocycles. The molecule has 1 aromatic rings. The van der Waals surface area contributed by atoms with E-state index in [1.807, 2.05) is 19.1 Å². The van der Waals surface area contributed by atoms with E-state index in [1.165, 1.54) is 0 Å². The summed E-state index contributed by atoms with van der Waals surface area (Å²) in [6.07, 6.45) is 4.06. The summed E-state index contributed by atoms with van der Waals surface area (Å²) >= 11 is 0. The largest absolute Gasteiger partial charge is 0.385 e. The van der Waals surface area contributed by atoms with Crippen molar-refractivity contribution in [1.29, 1.82) is 0 Å². The van der Waals surface area contributed by atoms with Gasteiger partial charge in [0.2, 0.25) is 0 Å². The Bertz CT molecular complexity index is 321. The second kappa shape index (κ2) is 4.91. The minimum absolute atomic E-state index is 0.212. The van der Waals surface area contributed by atoms with E-state index < -0.39 is 5.60 Å². The number of pyridine rings is 1. The fourth-order valence-corrected chi connectivity index (χ4v) is 2.03. The molecule has 0 saturated carbocycles. The third kappa shape index (κ3) is 2.78. The van der Waals surface area contributed by atoms with Crippen LogP contribution >= 0.6 is 0 Å². The Morgan fingerprint density at radius 3 is 3.19 bits per heavy atom. The van der Waals surface area contributed by atoms with Crippen LogP contribution < -0.4 is 5.32 Å². The quantitative estimate of drug-likeness (QED) is 0.789. The van der Waals surface area contributed by atoms with E-state index in [1.54, 1.807) is 12.4 Å². The van der Waals surface area contributed by atoms with Gasteiger partial charge in [0.05, 0.1) is 18.8 Å². The lowest BCUT2D eigenvalue weighted by molar-refractivity contribution is 0.00302. The van der Waals surface area contributed by atoms with Crippen molar-refractivity contribution in [2.45, 2.75) is 25.0 Å². The molecule has 0 bridgehead atoms. The highest BCUT2D eigenvalue weighted by Crippen LogP contribution is 2.25. The van der Waals surface area contributed by atoms with Gasteiger partial charge in [-0.1, -0.05) is 6.07 Å². The van der Waals surface area contributed by atoms with Gasteiger partial charge < -0.3 is 15.2 Å². The zero-order valence-electron chi connectivity index (χ0n) is 9.52. The monoisotopic (exact) mass is 222 g/mol. The van der Waals surface area contributed by atoms with Crippen LogP contribution in [0.4, 0.5) is 0 Å². The number of nitrogens with one attached hydrogen (secondary N) is 1. The Hall–Kier alpha value is -0.970. The first kappa shape index (κ1) is 11.5. The maximum atomic E-state index is 10.4. The summed E-state index contributed by atoms with van der Waals surface area (Å²) in [5, 5.41) is 13.7. The van der Waals surface area contributed by atoms with E-state index in [0.29, 0.717) is 13.0 Å². The molecule has 4 heteroatoms. The molecular weight excluding hydrogens is 204 g/mol. The smallest absolute Gasteiger partial charge is 0.0899 e. The number of hydrogen-bond acceptors (Lipinski definition) is 4. The van der Waals surface area contributed by atoms with Crippen LogP contribution in [0, 0.1) is 0 Å². The molecule has 0 aromatic carbocycles. The van der Waals surface area contributed by atoms with Gasteiger partial charge >= 0.3 is 0 Å². The highest BCUT2D eigenvalue weighted by atomic mass is 16.5. The second-order valence-corrected chi connectivity index (χ2v) is 4.45. The molecule has 2 rings (SSSR count). The molecule has 4 nitrogen and oxygen atoms in total. The Balaban J connectivity index is 2.01. The predicted molar refractivity (Wildman–Crippen MR) is 61.0 cm³/mol. The van der Waals surface area contributed by atoms with Crippen LogP contribution in [0.1, 0.15) is 18.9 Å². The number of rotatable bonds is 3. The van der Waals surface area contributed by atoms with Crippen molar-refractivity contribution in [2.75, 3.05) is 19.8 Å². The van der Waals surface area contributed by atoms with Crippen LogP contribution in [-0.2, 0) is 10.3 Å². The van der Waals surface area contributed by atoms with Crippen LogP contribution in [0.3, 0.4) is 0 Å². The first-order valence-electron chi connectivity index (χ1n) is 5.62. The lowest BCUT2D eigenvalue weighted by atomic mass is 9.90. The minimum atomic E-state index is -0.855. The van der Waals surface area contributed by atoms with E-state index in [-0.39, 0.29) is 6.04 Å². The Kier molecular flexibility index (Phi) is 3.53. The summed E-state index contributed by atoms with van der Waals surface area (Å²) in [5.74, 6) is 0. The van der Waals surface area contributed by atoms with E-state index in [4.69, 9.17) is 4.74 Å². The third-order valence-electron chi connectivity index (χ3n) is 2.93. The zero-order valence-corrected chi connectivity index (χ0v) is 9.52. The highest BCUT2D eigenvalue weighted by molar-refractivity contribution is 5.17. The van der Waals surface area contributed by atoms with Crippen molar-refractivity contribution < 1.29 is 9.84 Å². The van der Waals surface area contributed by atoms with Crippen LogP contribution in [0.5, 0.6) is 0 Å². The van der Waals surface area contributed by atoms with E-state index in [0.717, 1.165) is 18.7 Å². The first-order chi connectivity index (χ1) is 7.68. The van der Waals surface area contributed by atoms with E-state index >= 15 is 0 Å². The van der Waals surface area contributed by atoms with Crippen LogP contribution in [-0.4, -0.2) is 35.9 Å². The molecule has 0 spiro atoms. The van der Waals surface area contributed by atoms with Gasteiger partial charge in [0, 0.05) is 30.5 Å². The summed E-state index contributed by atoms with van der Waals surface area (Å²) in [6, 6.07) is 3.95. The van der Waals surface area contributed by atoms with Crippen molar-refractivity contribution in [2.24, 2.45) is 0 Å². The van der Waals surface area contributed by atoms with Gasteiger partial charge in [0.15, 0.2) is 0 Å². The van der Waals surface area contributed by atoms with Crippen molar-refractivity contribution in [3.63, 3.8) is 0 Å². The molecule has 2 unspecified atom stereocenters. The van der Waals surface area contributed by atoms with Crippen LogP contribution in [0.15, 0.2) is 24.5 Å². The molecule has 1 saturated heterocycles. The van der Waals surface area contributed by atoms with Crippen molar-refractivity contribution in [1.82, 2.24) is 10.3 Å². The van der Waals surface area contributed by atoms with Gasteiger partial charge in [0.1, 0.15) is 0 Å². The van der Waals surface area contributed by atoms with Crippen molar-refractivity contribution in [3.8, 4) is 0 Å². The zero-order chi connectivity index (χ0) is 11.4. The molecule has 2 N–H and O–H groups in total. The van der Waals surface area contributed by atoms with Gasteiger partial charge in [-0.25, -0.2) is 0 Å². The number of hydrogen-bond donors (Lipinski definition) is 2.